The first kappa shape index (κ1) is 13.6. The van der Waals surface area contributed by atoms with Crippen LogP contribution in [0.25, 0.3) is 0 Å². The molecule has 2 aromatic heterocycles. The quantitative estimate of drug-likeness (QED) is 0.796. The zero-order valence-corrected chi connectivity index (χ0v) is 12.3. The highest BCUT2D eigenvalue weighted by molar-refractivity contribution is 5.27. The van der Waals surface area contributed by atoms with Gasteiger partial charge in [0, 0.05) is 18.8 Å². The lowest BCUT2D eigenvalue weighted by atomic mass is 10.1. The molecule has 3 rings (SSSR count). The van der Waals surface area contributed by atoms with E-state index in [1.165, 1.54) is 5.56 Å². The Morgan fingerprint density at radius 1 is 1.24 bits per heavy atom. The van der Waals surface area contributed by atoms with E-state index in [1.807, 2.05) is 67.7 Å². The van der Waals surface area contributed by atoms with Crippen molar-refractivity contribution < 1.29 is 0 Å². The number of benzene rings is 1. The van der Waals surface area contributed by atoms with Gasteiger partial charge in [-0.2, -0.15) is 5.10 Å². The molecule has 0 aliphatic rings. The smallest absolute Gasteiger partial charge is 0.0951 e. The third kappa shape index (κ3) is 2.73. The van der Waals surface area contributed by atoms with E-state index in [9.17, 15) is 0 Å². The predicted octanol–water partition coefficient (Wildman–Crippen LogP) is 2.02. The van der Waals surface area contributed by atoms with Crippen molar-refractivity contribution in [1.82, 2.24) is 19.3 Å². The molecule has 1 aromatic carbocycles. The van der Waals surface area contributed by atoms with E-state index in [4.69, 9.17) is 5.73 Å². The van der Waals surface area contributed by atoms with Gasteiger partial charge in [-0.3, -0.25) is 4.68 Å². The second kappa shape index (κ2) is 5.54. The van der Waals surface area contributed by atoms with Crippen molar-refractivity contribution in [2.45, 2.75) is 19.5 Å². The van der Waals surface area contributed by atoms with Crippen molar-refractivity contribution in [2.24, 2.45) is 12.8 Å². The van der Waals surface area contributed by atoms with Crippen LogP contribution in [-0.4, -0.2) is 19.3 Å². The SMILES string of the molecule is Cc1nn(C)cc1Cn1cncc1C(N)c1ccccc1. The van der Waals surface area contributed by atoms with E-state index >= 15 is 0 Å². The summed E-state index contributed by atoms with van der Waals surface area (Å²) in [5.74, 6) is 0. The monoisotopic (exact) mass is 281 g/mol. The Morgan fingerprint density at radius 3 is 2.67 bits per heavy atom. The number of imidazole rings is 1. The summed E-state index contributed by atoms with van der Waals surface area (Å²) in [6.45, 7) is 2.75. The Morgan fingerprint density at radius 2 is 2.00 bits per heavy atom. The topological polar surface area (TPSA) is 61.7 Å². The highest BCUT2D eigenvalue weighted by atomic mass is 15.3. The number of hydrogen-bond donors (Lipinski definition) is 1. The van der Waals surface area contributed by atoms with Crippen LogP contribution in [0.3, 0.4) is 0 Å². The average molecular weight is 281 g/mol. The molecule has 0 saturated heterocycles. The minimum Gasteiger partial charge on any atom is -0.328 e. The first-order valence-corrected chi connectivity index (χ1v) is 6.95. The fourth-order valence-corrected chi connectivity index (χ4v) is 2.54. The second-order valence-corrected chi connectivity index (χ2v) is 5.25. The van der Waals surface area contributed by atoms with E-state index in [0.29, 0.717) is 0 Å². The van der Waals surface area contributed by atoms with Gasteiger partial charge in [-0.05, 0) is 12.5 Å². The molecule has 0 radical (unpaired) electrons. The summed E-state index contributed by atoms with van der Waals surface area (Å²) in [6, 6.07) is 9.90. The molecule has 1 atom stereocenters. The van der Waals surface area contributed by atoms with Gasteiger partial charge in [-0.1, -0.05) is 30.3 Å². The minimum absolute atomic E-state index is 0.175. The number of aryl methyl sites for hydroxylation is 2. The molecule has 0 amide bonds. The predicted molar refractivity (Wildman–Crippen MR) is 81.7 cm³/mol. The fourth-order valence-electron chi connectivity index (χ4n) is 2.54. The third-order valence-corrected chi connectivity index (χ3v) is 3.68. The molecule has 21 heavy (non-hydrogen) atoms. The van der Waals surface area contributed by atoms with Crippen molar-refractivity contribution in [2.75, 3.05) is 0 Å². The van der Waals surface area contributed by atoms with E-state index in [2.05, 4.69) is 14.6 Å². The Labute approximate surface area is 124 Å². The maximum Gasteiger partial charge on any atom is 0.0951 e. The maximum atomic E-state index is 6.38. The van der Waals surface area contributed by atoms with Crippen LogP contribution in [0.2, 0.25) is 0 Å². The molecule has 5 heteroatoms. The number of nitrogens with two attached hydrogens (primary N) is 1. The van der Waals surface area contributed by atoms with Crippen molar-refractivity contribution in [3.05, 3.63) is 71.6 Å². The normalized spacial score (nSPS) is 12.5. The van der Waals surface area contributed by atoms with Crippen LogP contribution in [0.4, 0.5) is 0 Å². The van der Waals surface area contributed by atoms with Crippen molar-refractivity contribution in [3.63, 3.8) is 0 Å². The summed E-state index contributed by atoms with van der Waals surface area (Å²) in [6.07, 6.45) is 5.70. The fraction of sp³-hybridized carbons (Fsp3) is 0.250. The standard InChI is InChI=1S/C16H19N5/c1-12-14(9-20(2)19-12)10-21-11-18-8-15(21)16(17)13-6-4-3-5-7-13/h3-9,11,16H,10,17H2,1-2H3. The molecule has 5 nitrogen and oxygen atoms in total. The van der Waals surface area contributed by atoms with Gasteiger partial charge in [0.2, 0.25) is 0 Å². The number of hydrogen-bond acceptors (Lipinski definition) is 3. The Balaban J connectivity index is 1.89. The van der Waals surface area contributed by atoms with Gasteiger partial charge in [0.05, 0.1) is 36.5 Å². The molecule has 2 N–H and O–H groups in total. The number of aromatic nitrogens is 4. The second-order valence-electron chi connectivity index (χ2n) is 5.25. The lowest BCUT2D eigenvalue weighted by Gasteiger charge is -2.15. The molecule has 1 unspecified atom stereocenters. The van der Waals surface area contributed by atoms with E-state index in [0.717, 1.165) is 23.5 Å². The largest absolute Gasteiger partial charge is 0.328 e. The van der Waals surface area contributed by atoms with E-state index in [-0.39, 0.29) is 6.04 Å². The van der Waals surface area contributed by atoms with Gasteiger partial charge in [0.1, 0.15) is 0 Å². The molecule has 3 aromatic rings. The highest BCUT2D eigenvalue weighted by Gasteiger charge is 2.14. The summed E-state index contributed by atoms with van der Waals surface area (Å²) in [5, 5.41) is 4.38. The summed E-state index contributed by atoms with van der Waals surface area (Å²) < 4.78 is 3.92. The van der Waals surface area contributed by atoms with Gasteiger partial charge in [-0.15, -0.1) is 0 Å². The first-order chi connectivity index (χ1) is 10.1. The first-order valence-electron chi connectivity index (χ1n) is 6.95. The number of nitrogens with zero attached hydrogens (tertiary/aromatic N) is 4. The van der Waals surface area contributed by atoms with Crippen LogP contribution in [0.15, 0.2) is 49.1 Å². The molecule has 0 bridgehead atoms. The van der Waals surface area contributed by atoms with Gasteiger partial charge in [0.15, 0.2) is 0 Å². The zero-order valence-electron chi connectivity index (χ0n) is 12.3. The molecular formula is C16H19N5. The average Bonchev–Trinajstić information content (AvgIpc) is 3.06. The van der Waals surface area contributed by atoms with Crippen LogP contribution >= 0.6 is 0 Å². The van der Waals surface area contributed by atoms with Gasteiger partial charge in [-0.25, -0.2) is 4.98 Å². The summed E-state index contributed by atoms with van der Waals surface area (Å²) in [4.78, 5) is 4.26. The summed E-state index contributed by atoms with van der Waals surface area (Å²) in [7, 11) is 1.93. The molecule has 0 saturated carbocycles. The van der Waals surface area contributed by atoms with E-state index in [1.54, 1.807) is 0 Å². The van der Waals surface area contributed by atoms with Crippen LogP contribution in [-0.2, 0) is 13.6 Å². The van der Waals surface area contributed by atoms with Crippen LogP contribution in [0, 0.1) is 6.92 Å². The van der Waals surface area contributed by atoms with Crippen LogP contribution < -0.4 is 5.73 Å². The highest BCUT2D eigenvalue weighted by Crippen LogP contribution is 2.20. The molecule has 0 aliphatic carbocycles. The number of rotatable bonds is 4. The molecule has 108 valence electrons. The maximum absolute atomic E-state index is 6.38. The van der Waals surface area contributed by atoms with Gasteiger partial charge >= 0.3 is 0 Å². The molecule has 0 aliphatic heterocycles. The Kier molecular flexibility index (Phi) is 3.58. The van der Waals surface area contributed by atoms with Crippen LogP contribution in [0.5, 0.6) is 0 Å². The zero-order chi connectivity index (χ0) is 14.8. The third-order valence-electron chi connectivity index (χ3n) is 3.68. The molecule has 0 spiro atoms. The minimum atomic E-state index is -0.175. The van der Waals surface area contributed by atoms with Crippen LogP contribution in [0.1, 0.15) is 28.6 Å². The summed E-state index contributed by atoms with van der Waals surface area (Å²) in [5.41, 5.74) is 10.7. The molecule has 0 fully saturated rings. The Hall–Kier alpha value is -2.40. The van der Waals surface area contributed by atoms with Gasteiger partial charge in [0.25, 0.3) is 0 Å². The molecule has 2 heterocycles. The van der Waals surface area contributed by atoms with Gasteiger partial charge < -0.3 is 10.3 Å². The summed E-state index contributed by atoms with van der Waals surface area (Å²) >= 11 is 0. The van der Waals surface area contributed by atoms with Crippen molar-refractivity contribution in [3.8, 4) is 0 Å². The van der Waals surface area contributed by atoms with Crippen molar-refractivity contribution in [1.29, 1.82) is 0 Å². The van der Waals surface area contributed by atoms with E-state index < -0.39 is 0 Å². The lowest BCUT2D eigenvalue weighted by molar-refractivity contribution is 0.693. The Bertz CT molecular complexity index is 726. The lowest BCUT2D eigenvalue weighted by Crippen LogP contribution is -2.17. The molecular weight excluding hydrogens is 262 g/mol. The van der Waals surface area contributed by atoms with Crippen molar-refractivity contribution >= 4 is 0 Å².